The second-order valence-electron chi connectivity index (χ2n) is 9.00. The molecule has 1 saturated carbocycles. The fourth-order valence-corrected chi connectivity index (χ4v) is 4.79. The summed E-state index contributed by atoms with van der Waals surface area (Å²) < 4.78 is 5.91. The lowest BCUT2D eigenvalue weighted by atomic mass is 9.94. The lowest BCUT2D eigenvalue weighted by Crippen LogP contribution is -2.39. The number of carbonyl (C=O) groups excluding carboxylic acids is 2. The zero-order chi connectivity index (χ0) is 22.5. The Morgan fingerprint density at radius 3 is 2.84 bits per heavy atom. The van der Waals surface area contributed by atoms with Crippen LogP contribution < -0.4 is 10.1 Å². The molecule has 1 aromatic rings. The van der Waals surface area contributed by atoms with Crippen molar-refractivity contribution in [2.45, 2.75) is 76.4 Å². The monoisotopic (exact) mass is 442 g/mol. The maximum atomic E-state index is 12.4. The van der Waals surface area contributed by atoms with E-state index in [0.29, 0.717) is 31.6 Å². The van der Waals surface area contributed by atoms with Gasteiger partial charge in [0.2, 0.25) is 11.9 Å². The SMILES string of the molecule is CN(C(=O)CCCCCOc1ccc2c(c1)CN1C(=N2)NC(=O)C1CO)C1CCCCC1. The highest BCUT2D eigenvalue weighted by Gasteiger charge is 2.38. The molecule has 0 radical (unpaired) electrons. The highest BCUT2D eigenvalue weighted by molar-refractivity contribution is 6.07. The maximum Gasteiger partial charge on any atom is 0.251 e. The summed E-state index contributed by atoms with van der Waals surface area (Å²) in [4.78, 5) is 32.6. The summed E-state index contributed by atoms with van der Waals surface area (Å²) >= 11 is 0. The summed E-state index contributed by atoms with van der Waals surface area (Å²) in [5, 5.41) is 12.2. The van der Waals surface area contributed by atoms with E-state index >= 15 is 0 Å². The van der Waals surface area contributed by atoms with Gasteiger partial charge in [0.15, 0.2) is 0 Å². The Morgan fingerprint density at radius 2 is 2.06 bits per heavy atom. The van der Waals surface area contributed by atoms with E-state index in [4.69, 9.17) is 4.74 Å². The molecule has 8 heteroatoms. The van der Waals surface area contributed by atoms with Crippen LogP contribution in [0.4, 0.5) is 5.69 Å². The number of benzene rings is 1. The molecule has 4 rings (SSSR count). The van der Waals surface area contributed by atoms with Gasteiger partial charge in [-0.15, -0.1) is 0 Å². The number of unbranched alkanes of at least 4 members (excludes halogenated alkanes) is 2. The van der Waals surface area contributed by atoms with Crippen LogP contribution in [0.3, 0.4) is 0 Å². The van der Waals surface area contributed by atoms with Gasteiger partial charge in [0.25, 0.3) is 5.91 Å². The number of aliphatic hydroxyl groups excluding tert-OH is 1. The minimum atomic E-state index is -0.591. The van der Waals surface area contributed by atoms with Crippen LogP contribution in [0.15, 0.2) is 23.2 Å². The topological polar surface area (TPSA) is 94.5 Å². The van der Waals surface area contributed by atoms with Crippen LogP contribution in [0.1, 0.15) is 63.4 Å². The first-order valence-electron chi connectivity index (χ1n) is 11.9. The van der Waals surface area contributed by atoms with Crippen molar-refractivity contribution in [2.24, 2.45) is 4.99 Å². The molecule has 1 aromatic carbocycles. The molecule has 0 bridgehead atoms. The Morgan fingerprint density at radius 1 is 1.25 bits per heavy atom. The van der Waals surface area contributed by atoms with Crippen LogP contribution in [0.5, 0.6) is 5.75 Å². The number of hydrogen-bond acceptors (Lipinski definition) is 6. The van der Waals surface area contributed by atoms with Gasteiger partial charge in [-0.2, -0.15) is 0 Å². The molecule has 2 N–H and O–H groups in total. The van der Waals surface area contributed by atoms with E-state index in [1.165, 1.54) is 19.3 Å². The average Bonchev–Trinajstić information content (AvgIpc) is 3.13. The van der Waals surface area contributed by atoms with Crippen molar-refractivity contribution in [1.29, 1.82) is 0 Å². The number of aliphatic hydroxyl groups is 1. The molecule has 32 heavy (non-hydrogen) atoms. The van der Waals surface area contributed by atoms with Crippen molar-refractivity contribution in [3.05, 3.63) is 23.8 Å². The number of ether oxygens (including phenoxy) is 1. The second-order valence-corrected chi connectivity index (χ2v) is 9.00. The summed E-state index contributed by atoms with van der Waals surface area (Å²) in [7, 11) is 1.96. The van der Waals surface area contributed by atoms with Crippen molar-refractivity contribution >= 4 is 23.5 Å². The second kappa shape index (κ2) is 10.3. The fourth-order valence-electron chi connectivity index (χ4n) is 4.79. The number of guanidine groups is 1. The molecular weight excluding hydrogens is 408 g/mol. The molecule has 2 fully saturated rings. The molecule has 3 aliphatic rings. The van der Waals surface area contributed by atoms with E-state index in [0.717, 1.165) is 49.1 Å². The highest BCUT2D eigenvalue weighted by atomic mass is 16.5. The molecule has 2 heterocycles. The smallest absolute Gasteiger partial charge is 0.251 e. The first kappa shape index (κ1) is 22.6. The van der Waals surface area contributed by atoms with Crippen LogP contribution in [0.25, 0.3) is 0 Å². The standard InChI is InChI=1S/C24H34N4O4/c1-27(18-8-4-2-5-9-18)22(30)10-6-3-7-13-32-19-11-12-20-17(14-19)15-28-21(16-29)23(31)26-24(28)25-20/h11-12,14,18,21,29H,2-10,13,15-16H2,1H3,(H,25,26,31). The number of carbonyl (C=O) groups is 2. The lowest BCUT2D eigenvalue weighted by molar-refractivity contribution is -0.132. The van der Waals surface area contributed by atoms with Crippen molar-refractivity contribution in [1.82, 2.24) is 15.1 Å². The molecule has 0 spiro atoms. The summed E-state index contributed by atoms with van der Waals surface area (Å²) in [6.07, 6.45) is 9.44. The first-order valence-corrected chi connectivity index (χ1v) is 11.9. The van der Waals surface area contributed by atoms with Gasteiger partial charge in [0.1, 0.15) is 11.8 Å². The molecule has 0 aromatic heterocycles. The van der Waals surface area contributed by atoms with Gasteiger partial charge in [0.05, 0.1) is 18.9 Å². The molecular formula is C24H34N4O4. The molecule has 1 atom stereocenters. The van der Waals surface area contributed by atoms with Crippen molar-refractivity contribution in [3.63, 3.8) is 0 Å². The highest BCUT2D eigenvalue weighted by Crippen LogP contribution is 2.32. The summed E-state index contributed by atoms with van der Waals surface area (Å²) in [6.45, 7) is 0.865. The van der Waals surface area contributed by atoms with Crippen molar-refractivity contribution in [3.8, 4) is 5.75 Å². The van der Waals surface area contributed by atoms with Gasteiger partial charge < -0.3 is 19.6 Å². The summed E-state index contributed by atoms with van der Waals surface area (Å²) in [5.41, 5.74) is 1.78. The predicted octanol–water partition coefficient (Wildman–Crippen LogP) is 2.71. The van der Waals surface area contributed by atoms with E-state index < -0.39 is 6.04 Å². The van der Waals surface area contributed by atoms with E-state index in [2.05, 4.69) is 10.3 Å². The van der Waals surface area contributed by atoms with Crippen LogP contribution in [0.2, 0.25) is 0 Å². The Kier molecular flexibility index (Phi) is 7.29. The van der Waals surface area contributed by atoms with Gasteiger partial charge >= 0.3 is 0 Å². The molecule has 1 aliphatic carbocycles. The van der Waals surface area contributed by atoms with Gasteiger partial charge in [-0.3, -0.25) is 14.9 Å². The Balaban J connectivity index is 1.18. The summed E-state index contributed by atoms with van der Waals surface area (Å²) in [6, 6.07) is 5.59. The van der Waals surface area contributed by atoms with Crippen LogP contribution in [0, 0.1) is 0 Å². The maximum absolute atomic E-state index is 12.4. The Labute approximate surface area is 189 Å². The minimum absolute atomic E-state index is 0.223. The predicted molar refractivity (Wildman–Crippen MR) is 122 cm³/mol. The molecule has 174 valence electrons. The van der Waals surface area contributed by atoms with E-state index in [1.807, 2.05) is 30.1 Å². The molecule has 2 aliphatic heterocycles. The third-order valence-corrected chi connectivity index (χ3v) is 6.80. The number of amides is 2. The molecule has 1 unspecified atom stereocenters. The minimum Gasteiger partial charge on any atom is -0.494 e. The summed E-state index contributed by atoms with van der Waals surface area (Å²) in [5.74, 6) is 1.32. The number of hydrogen-bond donors (Lipinski definition) is 2. The van der Waals surface area contributed by atoms with Gasteiger partial charge in [-0.25, -0.2) is 4.99 Å². The van der Waals surface area contributed by atoms with Gasteiger partial charge in [-0.05, 0) is 50.3 Å². The zero-order valence-corrected chi connectivity index (χ0v) is 18.9. The van der Waals surface area contributed by atoms with Crippen LogP contribution in [-0.2, 0) is 16.1 Å². The van der Waals surface area contributed by atoms with Crippen molar-refractivity contribution in [2.75, 3.05) is 20.3 Å². The normalized spacial score (nSPS) is 20.3. The molecule has 2 amide bonds. The Bertz CT molecular complexity index is 866. The number of rotatable bonds is 9. The third-order valence-electron chi connectivity index (χ3n) is 6.80. The third kappa shape index (κ3) is 5.06. The largest absolute Gasteiger partial charge is 0.494 e. The molecule has 8 nitrogen and oxygen atoms in total. The zero-order valence-electron chi connectivity index (χ0n) is 18.9. The number of aliphatic imine (C=N–C) groups is 1. The Hall–Kier alpha value is -2.61. The van der Waals surface area contributed by atoms with E-state index in [-0.39, 0.29) is 18.4 Å². The van der Waals surface area contributed by atoms with E-state index in [1.54, 1.807) is 4.90 Å². The van der Waals surface area contributed by atoms with Crippen molar-refractivity contribution < 1.29 is 19.4 Å². The first-order chi connectivity index (χ1) is 15.6. The van der Waals surface area contributed by atoms with Gasteiger partial charge in [-0.1, -0.05) is 19.3 Å². The van der Waals surface area contributed by atoms with Gasteiger partial charge in [0, 0.05) is 31.6 Å². The van der Waals surface area contributed by atoms with Crippen LogP contribution >= 0.6 is 0 Å². The van der Waals surface area contributed by atoms with Crippen LogP contribution in [-0.4, -0.2) is 65.0 Å². The number of fused-ring (bicyclic) bond motifs is 2. The average molecular weight is 443 g/mol. The number of nitrogens with zero attached hydrogens (tertiary/aromatic N) is 3. The quantitative estimate of drug-likeness (QED) is 0.574. The van der Waals surface area contributed by atoms with E-state index in [9.17, 15) is 14.7 Å². The molecule has 1 saturated heterocycles. The fraction of sp³-hybridized carbons (Fsp3) is 0.625. The lowest BCUT2D eigenvalue weighted by Gasteiger charge is -2.31. The number of nitrogens with one attached hydrogen (secondary N) is 1.